The largest absolute Gasteiger partial charge is 0.493 e. The number of carbonyl (C=O) groups is 1. The number of halogens is 1. The van der Waals surface area contributed by atoms with Crippen molar-refractivity contribution in [2.24, 2.45) is 16.8 Å². The summed E-state index contributed by atoms with van der Waals surface area (Å²) in [5, 5.41) is 6.41. The minimum Gasteiger partial charge on any atom is -0.493 e. The first kappa shape index (κ1) is 22.5. The number of hydrogen-bond donors (Lipinski definition) is 2. The fourth-order valence-electron chi connectivity index (χ4n) is 2.37. The Kier molecular flexibility index (Phi) is 9.75. The lowest BCUT2D eigenvalue weighted by molar-refractivity contribution is -0.144. The zero-order valence-electron chi connectivity index (χ0n) is 16.0. The average molecular weight is 475 g/mol. The minimum atomic E-state index is -0.239. The van der Waals surface area contributed by atoms with E-state index in [1.807, 2.05) is 6.92 Å². The highest BCUT2D eigenvalue weighted by atomic mass is 127. The second kappa shape index (κ2) is 11.3. The van der Waals surface area contributed by atoms with Gasteiger partial charge in [-0.2, -0.15) is 0 Å². The van der Waals surface area contributed by atoms with Crippen molar-refractivity contribution >= 4 is 35.9 Å². The van der Waals surface area contributed by atoms with Crippen molar-refractivity contribution < 1.29 is 14.3 Å². The summed E-state index contributed by atoms with van der Waals surface area (Å²) >= 11 is 0. The van der Waals surface area contributed by atoms with E-state index in [1.165, 1.54) is 25.5 Å². The van der Waals surface area contributed by atoms with Gasteiger partial charge in [-0.1, -0.05) is 19.1 Å². The molecule has 0 amide bonds. The summed E-state index contributed by atoms with van der Waals surface area (Å²) < 4.78 is 10.7. The molecule has 1 aliphatic carbocycles. The molecule has 7 heteroatoms. The van der Waals surface area contributed by atoms with Crippen molar-refractivity contribution in [1.82, 2.24) is 10.6 Å². The van der Waals surface area contributed by atoms with Crippen LogP contribution in [0.5, 0.6) is 5.75 Å². The van der Waals surface area contributed by atoms with Crippen LogP contribution in [0.3, 0.4) is 0 Å². The topological polar surface area (TPSA) is 72.0 Å². The molecule has 1 atom stereocenters. The molecule has 0 bridgehead atoms. The van der Waals surface area contributed by atoms with Crippen LogP contribution in [-0.2, 0) is 16.1 Å². The maximum Gasteiger partial charge on any atom is 0.310 e. The second-order valence-corrected chi connectivity index (χ2v) is 6.60. The van der Waals surface area contributed by atoms with Gasteiger partial charge in [0.2, 0.25) is 0 Å². The third-order valence-corrected chi connectivity index (χ3v) is 4.24. The van der Waals surface area contributed by atoms with Crippen LogP contribution in [0.4, 0.5) is 0 Å². The van der Waals surface area contributed by atoms with Crippen LogP contribution >= 0.6 is 24.0 Å². The van der Waals surface area contributed by atoms with E-state index in [4.69, 9.17) is 9.47 Å². The van der Waals surface area contributed by atoms with E-state index in [0.717, 1.165) is 23.8 Å². The van der Waals surface area contributed by atoms with Gasteiger partial charge in [0.25, 0.3) is 0 Å². The number of esters is 1. The molecule has 1 aliphatic rings. The van der Waals surface area contributed by atoms with Crippen LogP contribution in [0.25, 0.3) is 0 Å². The fraction of sp³-hybridized carbons (Fsp3) is 0.579. The van der Waals surface area contributed by atoms with Crippen LogP contribution in [0, 0.1) is 18.8 Å². The number of guanidine groups is 1. The second-order valence-electron chi connectivity index (χ2n) is 6.60. The SMILES string of the molecule is CN=C(NCc1ccc(C)cc1OCC1CC1)NCC(C)C(=O)OC.I. The number of aryl methyl sites for hydroxylation is 1. The Morgan fingerprint density at radius 3 is 2.69 bits per heavy atom. The third-order valence-electron chi connectivity index (χ3n) is 4.24. The monoisotopic (exact) mass is 475 g/mol. The van der Waals surface area contributed by atoms with E-state index < -0.39 is 0 Å². The molecule has 146 valence electrons. The molecular formula is C19H30IN3O3. The Morgan fingerprint density at radius 1 is 1.35 bits per heavy atom. The van der Waals surface area contributed by atoms with Gasteiger partial charge in [0.15, 0.2) is 5.96 Å². The van der Waals surface area contributed by atoms with Gasteiger partial charge < -0.3 is 20.1 Å². The predicted molar refractivity (Wildman–Crippen MR) is 114 cm³/mol. The molecule has 0 spiro atoms. The molecule has 6 nitrogen and oxygen atoms in total. The number of benzene rings is 1. The van der Waals surface area contributed by atoms with Crippen LogP contribution < -0.4 is 15.4 Å². The maximum absolute atomic E-state index is 11.5. The van der Waals surface area contributed by atoms with Crippen LogP contribution in [0.15, 0.2) is 23.2 Å². The van der Waals surface area contributed by atoms with Gasteiger partial charge in [0.05, 0.1) is 19.6 Å². The summed E-state index contributed by atoms with van der Waals surface area (Å²) in [5.74, 6) is 1.82. The first-order valence-electron chi connectivity index (χ1n) is 8.78. The van der Waals surface area contributed by atoms with Crippen molar-refractivity contribution in [2.75, 3.05) is 27.3 Å². The standard InChI is InChI=1S/C19H29N3O3.HI/c1-13-5-8-16(17(9-13)25-12-15-6-7-15)11-22-19(20-3)21-10-14(2)18(23)24-4;/h5,8-9,14-15H,6-7,10-12H2,1-4H3,(H2,20,21,22);1H. The summed E-state index contributed by atoms with van der Waals surface area (Å²) in [6, 6.07) is 6.24. The van der Waals surface area contributed by atoms with E-state index in [0.29, 0.717) is 19.0 Å². The van der Waals surface area contributed by atoms with E-state index in [-0.39, 0.29) is 35.9 Å². The van der Waals surface area contributed by atoms with Gasteiger partial charge in [-0.3, -0.25) is 9.79 Å². The number of carbonyl (C=O) groups excluding carboxylic acids is 1. The van der Waals surface area contributed by atoms with Crippen LogP contribution in [-0.4, -0.2) is 39.2 Å². The lowest BCUT2D eigenvalue weighted by atomic mass is 10.1. The summed E-state index contributed by atoms with van der Waals surface area (Å²) in [6.45, 7) is 5.74. The Bertz CT molecular complexity index is 618. The van der Waals surface area contributed by atoms with Gasteiger partial charge in [-0.25, -0.2) is 0 Å². The van der Waals surface area contributed by atoms with Crippen molar-refractivity contribution in [3.05, 3.63) is 29.3 Å². The quantitative estimate of drug-likeness (QED) is 0.262. The molecule has 26 heavy (non-hydrogen) atoms. The molecule has 1 fully saturated rings. The Morgan fingerprint density at radius 2 is 2.08 bits per heavy atom. The molecule has 0 saturated heterocycles. The lowest BCUT2D eigenvalue weighted by Crippen LogP contribution is -2.40. The Labute approximate surface area is 173 Å². The summed E-state index contributed by atoms with van der Waals surface area (Å²) in [7, 11) is 3.10. The number of hydrogen-bond acceptors (Lipinski definition) is 4. The molecule has 1 aromatic rings. The Balaban J connectivity index is 0.00000338. The zero-order chi connectivity index (χ0) is 18.2. The summed E-state index contributed by atoms with van der Waals surface area (Å²) in [6.07, 6.45) is 2.54. The zero-order valence-corrected chi connectivity index (χ0v) is 18.3. The summed E-state index contributed by atoms with van der Waals surface area (Å²) in [5.41, 5.74) is 2.28. The molecule has 1 unspecified atom stereocenters. The Hall–Kier alpha value is -1.51. The van der Waals surface area contributed by atoms with E-state index >= 15 is 0 Å². The van der Waals surface area contributed by atoms with Gasteiger partial charge in [0.1, 0.15) is 5.75 Å². The minimum absolute atomic E-state index is 0. The number of methoxy groups -OCH3 is 1. The number of nitrogens with one attached hydrogen (secondary N) is 2. The summed E-state index contributed by atoms with van der Waals surface area (Å²) in [4.78, 5) is 15.7. The number of ether oxygens (including phenoxy) is 2. The normalized spacial score (nSPS) is 14.8. The van der Waals surface area contributed by atoms with Crippen LogP contribution in [0.2, 0.25) is 0 Å². The molecular weight excluding hydrogens is 445 g/mol. The lowest BCUT2D eigenvalue weighted by Gasteiger charge is -2.16. The number of nitrogens with zero attached hydrogens (tertiary/aromatic N) is 1. The third kappa shape index (κ3) is 7.39. The predicted octanol–water partition coefficient (Wildman–Crippen LogP) is 2.88. The molecule has 0 radical (unpaired) electrons. The molecule has 0 aromatic heterocycles. The molecule has 0 heterocycles. The van der Waals surface area contributed by atoms with E-state index in [9.17, 15) is 4.79 Å². The van der Waals surface area contributed by atoms with E-state index in [1.54, 1.807) is 7.05 Å². The van der Waals surface area contributed by atoms with Gasteiger partial charge in [0, 0.05) is 25.7 Å². The highest BCUT2D eigenvalue weighted by Crippen LogP contribution is 2.30. The average Bonchev–Trinajstić information content (AvgIpc) is 3.44. The van der Waals surface area contributed by atoms with Crippen LogP contribution in [0.1, 0.15) is 30.9 Å². The van der Waals surface area contributed by atoms with Crippen molar-refractivity contribution in [2.45, 2.75) is 33.2 Å². The van der Waals surface area contributed by atoms with Gasteiger partial charge in [-0.15, -0.1) is 24.0 Å². The molecule has 1 saturated carbocycles. The van der Waals surface area contributed by atoms with Gasteiger partial charge >= 0.3 is 5.97 Å². The molecule has 1 aromatic carbocycles. The van der Waals surface area contributed by atoms with E-state index in [2.05, 4.69) is 40.7 Å². The number of rotatable bonds is 8. The smallest absolute Gasteiger partial charge is 0.310 e. The highest BCUT2D eigenvalue weighted by Gasteiger charge is 2.22. The van der Waals surface area contributed by atoms with Gasteiger partial charge in [-0.05, 0) is 37.3 Å². The maximum atomic E-state index is 11.5. The fourth-order valence-corrected chi connectivity index (χ4v) is 2.37. The first-order chi connectivity index (χ1) is 12.0. The number of aliphatic imine (C=N–C) groups is 1. The van der Waals surface area contributed by atoms with Crippen molar-refractivity contribution in [3.63, 3.8) is 0 Å². The molecule has 0 aliphatic heterocycles. The first-order valence-corrected chi connectivity index (χ1v) is 8.78. The molecule has 2 N–H and O–H groups in total. The molecule has 2 rings (SSSR count). The highest BCUT2D eigenvalue weighted by molar-refractivity contribution is 14.0. The van der Waals surface area contributed by atoms with Crippen molar-refractivity contribution in [3.8, 4) is 5.75 Å². The van der Waals surface area contributed by atoms with Crippen molar-refractivity contribution in [1.29, 1.82) is 0 Å².